The third-order valence-corrected chi connectivity index (χ3v) is 4.37. The fourth-order valence-corrected chi connectivity index (χ4v) is 2.84. The molecule has 2 aromatic rings. The average molecular weight is 303 g/mol. The Morgan fingerprint density at radius 2 is 1.86 bits per heavy atom. The lowest BCUT2D eigenvalue weighted by molar-refractivity contribution is 0.0602. The second kappa shape index (κ2) is 6.10. The van der Waals surface area contributed by atoms with Crippen LogP contribution in [0.3, 0.4) is 0 Å². The first-order valence-electron chi connectivity index (χ1n) is 6.49. The van der Waals surface area contributed by atoms with Crippen molar-refractivity contribution < 1.29 is 14.3 Å². The number of ether oxygens (including phenoxy) is 1. The van der Waals surface area contributed by atoms with Gasteiger partial charge in [-0.2, -0.15) is 0 Å². The third-order valence-electron chi connectivity index (χ3n) is 3.22. The molecule has 1 amide bonds. The molecule has 21 heavy (non-hydrogen) atoms. The van der Waals surface area contributed by atoms with Gasteiger partial charge in [-0.25, -0.2) is 4.79 Å². The molecule has 0 bridgehead atoms. The summed E-state index contributed by atoms with van der Waals surface area (Å²) in [7, 11) is 1.32. The number of carbonyl (C=O) groups is 2. The Bertz CT molecular complexity index is 684. The lowest BCUT2D eigenvalue weighted by atomic mass is 10.1. The van der Waals surface area contributed by atoms with Gasteiger partial charge in [0.05, 0.1) is 23.2 Å². The van der Waals surface area contributed by atoms with E-state index in [0.29, 0.717) is 16.1 Å². The van der Waals surface area contributed by atoms with Crippen LogP contribution < -0.4 is 5.32 Å². The Balaban J connectivity index is 2.30. The molecule has 0 aliphatic rings. The molecule has 0 atom stereocenters. The molecule has 1 aromatic heterocycles. The third kappa shape index (κ3) is 3.31. The zero-order valence-electron chi connectivity index (χ0n) is 12.4. The summed E-state index contributed by atoms with van der Waals surface area (Å²) in [6.07, 6.45) is 0. The van der Waals surface area contributed by atoms with Crippen LogP contribution in [-0.4, -0.2) is 19.0 Å². The van der Waals surface area contributed by atoms with Crippen LogP contribution in [0.2, 0.25) is 0 Å². The number of amides is 1. The Morgan fingerprint density at radius 1 is 1.14 bits per heavy atom. The van der Waals surface area contributed by atoms with Crippen LogP contribution in [0.15, 0.2) is 24.3 Å². The van der Waals surface area contributed by atoms with E-state index in [-0.39, 0.29) is 5.91 Å². The molecule has 0 aliphatic carbocycles. The highest BCUT2D eigenvalue weighted by Gasteiger charge is 2.16. The van der Waals surface area contributed by atoms with Crippen molar-refractivity contribution in [2.45, 2.75) is 20.8 Å². The second-order valence-electron chi connectivity index (χ2n) is 4.84. The van der Waals surface area contributed by atoms with Gasteiger partial charge in [-0.05, 0) is 44.5 Å². The fraction of sp³-hybridized carbons (Fsp3) is 0.250. The largest absolute Gasteiger partial charge is 0.465 e. The molecule has 2 rings (SSSR count). The van der Waals surface area contributed by atoms with E-state index in [1.54, 1.807) is 12.1 Å². The SMILES string of the molecule is COC(=O)c1cc(C)ccc1NC(=O)c1cc(C)c(C)s1. The monoisotopic (exact) mass is 303 g/mol. The summed E-state index contributed by atoms with van der Waals surface area (Å²) in [6, 6.07) is 7.10. The summed E-state index contributed by atoms with van der Waals surface area (Å²) in [5.74, 6) is -0.683. The molecule has 1 N–H and O–H groups in total. The molecule has 110 valence electrons. The molecule has 0 spiro atoms. The molecule has 0 saturated carbocycles. The molecular formula is C16H17NO3S. The molecule has 0 unspecified atom stereocenters. The van der Waals surface area contributed by atoms with Crippen molar-refractivity contribution in [3.63, 3.8) is 0 Å². The number of methoxy groups -OCH3 is 1. The van der Waals surface area contributed by atoms with E-state index >= 15 is 0 Å². The number of rotatable bonds is 3. The molecule has 0 radical (unpaired) electrons. The summed E-state index contributed by atoms with van der Waals surface area (Å²) >= 11 is 1.44. The smallest absolute Gasteiger partial charge is 0.339 e. The van der Waals surface area contributed by atoms with Gasteiger partial charge in [-0.15, -0.1) is 11.3 Å². The minimum absolute atomic E-state index is 0.217. The van der Waals surface area contributed by atoms with Crippen molar-refractivity contribution in [2.24, 2.45) is 0 Å². The van der Waals surface area contributed by atoms with Crippen molar-refractivity contribution >= 4 is 28.9 Å². The topological polar surface area (TPSA) is 55.4 Å². The van der Waals surface area contributed by atoms with Crippen LogP contribution in [0.5, 0.6) is 0 Å². The van der Waals surface area contributed by atoms with Gasteiger partial charge in [-0.1, -0.05) is 11.6 Å². The Hall–Kier alpha value is -2.14. The van der Waals surface area contributed by atoms with Crippen molar-refractivity contribution in [1.29, 1.82) is 0 Å². The number of benzene rings is 1. The molecule has 0 saturated heterocycles. The number of thiophene rings is 1. The Morgan fingerprint density at radius 3 is 2.43 bits per heavy atom. The maximum atomic E-state index is 12.3. The zero-order chi connectivity index (χ0) is 15.6. The van der Waals surface area contributed by atoms with Crippen LogP contribution >= 0.6 is 11.3 Å². The predicted octanol–water partition coefficient (Wildman–Crippen LogP) is 3.71. The first-order chi connectivity index (χ1) is 9.92. The summed E-state index contributed by atoms with van der Waals surface area (Å²) < 4.78 is 4.75. The van der Waals surface area contributed by atoms with Gasteiger partial charge in [-0.3, -0.25) is 4.79 Å². The van der Waals surface area contributed by atoms with Crippen LogP contribution in [-0.2, 0) is 4.74 Å². The molecule has 1 aromatic carbocycles. The van der Waals surface area contributed by atoms with E-state index in [0.717, 1.165) is 16.0 Å². The highest BCUT2D eigenvalue weighted by Crippen LogP contribution is 2.24. The van der Waals surface area contributed by atoms with E-state index in [9.17, 15) is 9.59 Å². The van der Waals surface area contributed by atoms with Gasteiger partial charge < -0.3 is 10.1 Å². The summed E-state index contributed by atoms with van der Waals surface area (Å²) in [6.45, 7) is 5.82. The van der Waals surface area contributed by atoms with E-state index in [1.165, 1.54) is 18.4 Å². The van der Waals surface area contributed by atoms with E-state index in [1.807, 2.05) is 32.9 Å². The van der Waals surface area contributed by atoms with Gasteiger partial charge in [0.15, 0.2) is 0 Å². The molecule has 1 heterocycles. The number of esters is 1. The van der Waals surface area contributed by atoms with Crippen molar-refractivity contribution in [2.75, 3.05) is 12.4 Å². The van der Waals surface area contributed by atoms with Crippen LogP contribution in [0.25, 0.3) is 0 Å². The van der Waals surface area contributed by atoms with Gasteiger partial charge in [0.1, 0.15) is 0 Å². The van der Waals surface area contributed by atoms with Gasteiger partial charge in [0.25, 0.3) is 5.91 Å². The fourth-order valence-electron chi connectivity index (χ4n) is 1.91. The average Bonchev–Trinajstić information content (AvgIpc) is 2.80. The number of aryl methyl sites for hydroxylation is 3. The number of carbonyl (C=O) groups excluding carboxylic acids is 2. The normalized spacial score (nSPS) is 10.3. The quantitative estimate of drug-likeness (QED) is 0.879. The first-order valence-corrected chi connectivity index (χ1v) is 7.31. The number of hydrogen-bond donors (Lipinski definition) is 1. The molecular weight excluding hydrogens is 286 g/mol. The predicted molar refractivity (Wildman–Crippen MR) is 84.3 cm³/mol. The highest BCUT2D eigenvalue weighted by atomic mass is 32.1. The van der Waals surface area contributed by atoms with Gasteiger partial charge in [0, 0.05) is 4.88 Å². The van der Waals surface area contributed by atoms with Crippen molar-refractivity contribution in [3.05, 3.63) is 50.7 Å². The molecule has 4 nitrogen and oxygen atoms in total. The number of hydrogen-bond acceptors (Lipinski definition) is 4. The van der Waals surface area contributed by atoms with Gasteiger partial charge in [0.2, 0.25) is 0 Å². The molecule has 0 fully saturated rings. The standard InChI is InChI=1S/C16H17NO3S/c1-9-5-6-13(12(7-9)16(19)20-4)17-15(18)14-8-10(2)11(3)21-14/h5-8H,1-4H3,(H,17,18). The number of nitrogens with one attached hydrogen (secondary N) is 1. The maximum absolute atomic E-state index is 12.3. The summed E-state index contributed by atoms with van der Waals surface area (Å²) in [5.41, 5.74) is 2.83. The van der Waals surface area contributed by atoms with Crippen LogP contribution in [0, 0.1) is 20.8 Å². The minimum Gasteiger partial charge on any atom is -0.465 e. The van der Waals surface area contributed by atoms with Crippen molar-refractivity contribution in [3.8, 4) is 0 Å². The summed E-state index contributed by atoms with van der Waals surface area (Å²) in [5, 5.41) is 2.78. The minimum atomic E-state index is -0.465. The van der Waals surface area contributed by atoms with E-state index < -0.39 is 5.97 Å². The zero-order valence-corrected chi connectivity index (χ0v) is 13.3. The van der Waals surface area contributed by atoms with Crippen LogP contribution in [0.4, 0.5) is 5.69 Å². The Kier molecular flexibility index (Phi) is 4.43. The molecule has 5 heteroatoms. The first kappa shape index (κ1) is 15.3. The van der Waals surface area contributed by atoms with E-state index in [2.05, 4.69) is 5.32 Å². The number of anilines is 1. The lowest BCUT2D eigenvalue weighted by Crippen LogP contribution is -2.14. The second-order valence-corrected chi connectivity index (χ2v) is 6.10. The van der Waals surface area contributed by atoms with Gasteiger partial charge >= 0.3 is 5.97 Å². The highest BCUT2D eigenvalue weighted by molar-refractivity contribution is 7.14. The maximum Gasteiger partial charge on any atom is 0.339 e. The van der Waals surface area contributed by atoms with E-state index in [4.69, 9.17) is 4.74 Å². The van der Waals surface area contributed by atoms with Crippen LogP contribution in [0.1, 0.15) is 36.0 Å². The lowest BCUT2D eigenvalue weighted by Gasteiger charge is -2.10. The molecule has 0 aliphatic heterocycles. The Labute approximate surface area is 127 Å². The summed E-state index contributed by atoms with van der Waals surface area (Å²) in [4.78, 5) is 25.8. The van der Waals surface area contributed by atoms with Crippen molar-refractivity contribution in [1.82, 2.24) is 0 Å².